The van der Waals surface area contributed by atoms with Crippen LogP contribution < -0.4 is 5.32 Å². The number of nitrogens with zero attached hydrogens (tertiary/aromatic N) is 1. The Bertz CT molecular complexity index is 528. The van der Waals surface area contributed by atoms with Crippen molar-refractivity contribution in [2.75, 3.05) is 19.6 Å². The van der Waals surface area contributed by atoms with Crippen LogP contribution in [-0.2, 0) is 9.59 Å². The molecule has 6 nitrogen and oxygen atoms in total. The fourth-order valence-electron chi connectivity index (χ4n) is 1.92. The lowest BCUT2D eigenvalue weighted by atomic mass is 10.1. The van der Waals surface area contributed by atoms with E-state index in [1.807, 2.05) is 26.0 Å². The van der Waals surface area contributed by atoms with Crippen LogP contribution in [0, 0.1) is 6.92 Å². The maximum absolute atomic E-state index is 12.0. The summed E-state index contributed by atoms with van der Waals surface area (Å²) in [6.07, 6.45) is 0.657. The summed E-state index contributed by atoms with van der Waals surface area (Å²) in [6, 6.07) is 7.06. The van der Waals surface area contributed by atoms with E-state index in [0.29, 0.717) is 18.5 Å². The maximum atomic E-state index is 12.0. The van der Waals surface area contributed by atoms with Gasteiger partial charge in [0, 0.05) is 12.1 Å². The molecule has 0 saturated carbocycles. The van der Waals surface area contributed by atoms with Crippen LogP contribution in [0.25, 0.3) is 0 Å². The molecule has 0 radical (unpaired) electrons. The van der Waals surface area contributed by atoms with Crippen molar-refractivity contribution in [2.24, 2.45) is 0 Å². The summed E-state index contributed by atoms with van der Waals surface area (Å²) in [6.45, 7) is 3.46. The van der Waals surface area contributed by atoms with Crippen LogP contribution in [0.15, 0.2) is 24.3 Å². The molecule has 2 amide bonds. The Morgan fingerprint density at radius 2 is 1.90 bits per heavy atom. The average Bonchev–Trinajstić information content (AvgIpc) is 2.44. The predicted octanol–water partition coefficient (Wildman–Crippen LogP) is 1.05. The Hall–Kier alpha value is -2.37. The molecule has 0 heterocycles. The highest BCUT2D eigenvalue weighted by Gasteiger charge is 2.17. The molecule has 0 saturated heterocycles. The number of aryl methyl sites for hydroxylation is 1. The van der Waals surface area contributed by atoms with Crippen molar-refractivity contribution in [3.8, 4) is 0 Å². The lowest BCUT2D eigenvalue weighted by molar-refractivity contribution is -0.144. The second-order valence-corrected chi connectivity index (χ2v) is 4.71. The minimum Gasteiger partial charge on any atom is -0.480 e. The molecule has 1 rings (SSSR count). The highest BCUT2D eigenvalue weighted by atomic mass is 16.4. The summed E-state index contributed by atoms with van der Waals surface area (Å²) < 4.78 is 0. The molecule has 0 aliphatic carbocycles. The van der Waals surface area contributed by atoms with Crippen LogP contribution in [0.3, 0.4) is 0 Å². The summed E-state index contributed by atoms with van der Waals surface area (Å²) in [4.78, 5) is 35.8. The van der Waals surface area contributed by atoms with Crippen LogP contribution in [0.1, 0.15) is 29.3 Å². The predicted molar refractivity (Wildman–Crippen MR) is 78.0 cm³/mol. The molecule has 2 N–H and O–H groups in total. The smallest absolute Gasteiger partial charge is 0.323 e. The fourth-order valence-corrected chi connectivity index (χ4v) is 1.92. The van der Waals surface area contributed by atoms with E-state index in [1.165, 1.54) is 4.90 Å². The van der Waals surface area contributed by atoms with Crippen molar-refractivity contribution in [3.63, 3.8) is 0 Å². The minimum atomic E-state index is -1.07. The molecule has 1 aromatic rings. The molecule has 0 atom stereocenters. The van der Waals surface area contributed by atoms with Gasteiger partial charge in [-0.2, -0.15) is 0 Å². The lowest BCUT2D eigenvalue weighted by Gasteiger charge is -2.20. The van der Waals surface area contributed by atoms with E-state index in [0.717, 1.165) is 5.56 Å². The second kappa shape index (κ2) is 8.04. The average molecular weight is 292 g/mol. The number of benzene rings is 1. The van der Waals surface area contributed by atoms with Gasteiger partial charge in [0.25, 0.3) is 5.91 Å². The maximum Gasteiger partial charge on any atom is 0.323 e. The number of carbonyl (C=O) groups excluding carboxylic acids is 2. The van der Waals surface area contributed by atoms with E-state index in [1.54, 1.807) is 12.1 Å². The molecule has 114 valence electrons. The lowest BCUT2D eigenvalue weighted by Crippen LogP contribution is -2.43. The number of hydrogen-bond donors (Lipinski definition) is 2. The summed E-state index contributed by atoms with van der Waals surface area (Å²) in [5, 5.41) is 11.3. The molecule has 21 heavy (non-hydrogen) atoms. The molecule has 0 aromatic heterocycles. The van der Waals surface area contributed by atoms with Gasteiger partial charge in [-0.05, 0) is 25.0 Å². The van der Waals surface area contributed by atoms with Crippen LogP contribution in [0.5, 0.6) is 0 Å². The number of amides is 2. The molecule has 0 aliphatic heterocycles. The minimum absolute atomic E-state index is 0.208. The summed E-state index contributed by atoms with van der Waals surface area (Å²) in [5.41, 5.74) is 1.32. The number of rotatable bonds is 7. The van der Waals surface area contributed by atoms with Crippen molar-refractivity contribution < 1.29 is 19.5 Å². The first-order chi connectivity index (χ1) is 9.95. The van der Waals surface area contributed by atoms with Gasteiger partial charge in [-0.3, -0.25) is 14.4 Å². The van der Waals surface area contributed by atoms with Gasteiger partial charge in [-0.25, -0.2) is 0 Å². The number of nitrogens with one attached hydrogen (secondary N) is 1. The Morgan fingerprint density at radius 1 is 1.24 bits per heavy atom. The number of carboxylic acids is 1. The van der Waals surface area contributed by atoms with Crippen LogP contribution in [-0.4, -0.2) is 47.4 Å². The summed E-state index contributed by atoms with van der Waals surface area (Å²) in [7, 11) is 0. The molecular weight excluding hydrogens is 272 g/mol. The number of carboxylic acid groups (broad SMARTS) is 1. The zero-order chi connectivity index (χ0) is 15.8. The van der Waals surface area contributed by atoms with Gasteiger partial charge in [0.05, 0.1) is 6.54 Å². The third-order valence-electron chi connectivity index (χ3n) is 2.96. The zero-order valence-corrected chi connectivity index (χ0v) is 12.3. The first-order valence-corrected chi connectivity index (χ1v) is 6.79. The largest absolute Gasteiger partial charge is 0.480 e. The van der Waals surface area contributed by atoms with Crippen molar-refractivity contribution in [1.82, 2.24) is 10.2 Å². The van der Waals surface area contributed by atoms with E-state index in [2.05, 4.69) is 5.32 Å². The SMILES string of the molecule is CCCN(CC(=O)O)C(=O)CNC(=O)c1ccccc1C. The third kappa shape index (κ3) is 5.25. The van der Waals surface area contributed by atoms with Gasteiger partial charge in [-0.15, -0.1) is 0 Å². The molecule has 0 spiro atoms. The van der Waals surface area contributed by atoms with Crippen LogP contribution in [0.4, 0.5) is 0 Å². The first-order valence-electron chi connectivity index (χ1n) is 6.79. The highest BCUT2D eigenvalue weighted by Crippen LogP contribution is 2.06. The quantitative estimate of drug-likeness (QED) is 0.786. The Labute approximate surface area is 123 Å². The van der Waals surface area contributed by atoms with E-state index < -0.39 is 11.9 Å². The first kappa shape index (κ1) is 16.7. The van der Waals surface area contributed by atoms with Crippen molar-refractivity contribution >= 4 is 17.8 Å². The van der Waals surface area contributed by atoms with Gasteiger partial charge in [0.1, 0.15) is 6.54 Å². The van der Waals surface area contributed by atoms with Crippen molar-refractivity contribution in [1.29, 1.82) is 0 Å². The van der Waals surface area contributed by atoms with Gasteiger partial charge in [-0.1, -0.05) is 25.1 Å². The standard InChI is InChI=1S/C15H20N2O4/c1-3-8-17(10-14(19)20)13(18)9-16-15(21)12-7-5-4-6-11(12)2/h4-7H,3,8-10H2,1-2H3,(H,16,21)(H,19,20). The Morgan fingerprint density at radius 3 is 2.48 bits per heavy atom. The molecule has 1 aromatic carbocycles. The summed E-state index contributed by atoms with van der Waals surface area (Å²) >= 11 is 0. The van der Waals surface area contributed by atoms with Crippen molar-refractivity contribution in [2.45, 2.75) is 20.3 Å². The van der Waals surface area contributed by atoms with E-state index in [-0.39, 0.29) is 19.0 Å². The number of aliphatic carboxylic acids is 1. The molecule has 0 fully saturated rings. The topological polar surface area (TPSA) is 86.7 Å². The Kier molecular flexibility index (Phi) is 6.39. The number of hydrogen-bond acceptors (Lipinski definition) is 3. The van der Waals surface area contributed by atoms with Crippen LogP contribution in [0.2, 0.25) is 0 Å². The number of carbonyl (C=O) groups is 3. The monoisotopic (exact) mass is 292 g/mol. The molecule has 0 bridgehead atoms. The van der Waals surface area contributed by atoms with Gasteiger partial charge >= 0.3 is 5.97 Å². The van der Waals surface area contributed by atoms with Gasteiger partial charge in [0.15, 0.2) is 0 Å². The molecule has 6 heteroatoms. The molecule has 0 aliphatic rings. The van der Waals surface area contributed by atoms with Gasteiger partial charge < -0.3 is 15.3 Å². The zero-order valence-electron chi connectivity index (χ0n) is 12.3. The van der Waals surface area contributed by atoms with Gasteiger partial charge in [0.2, 0.25) is 5.91 Å². The van der Waals surface area contributed by atoms with E-state index in [9.17, 15) is 14.4 Å². The second-order valence-electron chi connectivity index (χ2n) is 4.71. The van der Waals surface area contributed by atoms with E-state index in [4.69, 9.17) is 5.11 Å². The van der Waals surface area contributed by atoms with E-state index >= 15 is 0 Å². The molecule has 0 unspecified atom stereocenters. The van der Waals surface area contributed by atoms with Crippen LogP contribution >= 0.6 is 0 Å². The Balaban J connectivity index is 2.60. The third-order valence-corrected chi connectivity index (χ3v) is 2.96. The highest BCUT2D eigenvalue weighted by molar-refractivity contribution is 5.97. The van der Waals surface area contributed by atoms with Crippen molar-refractivity contribution in [3.05, 3.63) is 35.4 Å². The fraction of sp³-hybridized carbons (Fsp3) is 0.400. The molecular formula is C15H20N2O4. The normalized spacial score (nSPS) is 10.0. The summed E-state index contributed by atoms with van der Waals surface area (Å²) in [5.74, 6) is -1.81.